The average Bonchev–Trinajstić information content (AvgIpc) is 3.02. The molecule has 1 aliphatic heterocycles. The topological polar surface area (TPSA) is 56.2 Å². The van der Waals surface area contributed by atoms with Gasteiger partial charge < -0.3 is 10.1 Å². The summed E-state index contributed by atoms with van der Waals surface area (Å²) in [6.07, 6.45) is 1.56. The molecular formula is C14H15N3O2. The first-order valence-corrected chi connectivity index (χ1v) is 6.14. The van der Waals surface area contributed by atoms with E-state index >= 15 is 0 Å². The number of hydrogen-bond donors (Lipinski definition) is 1. The van der Waals surface area contributed by atoms with E-state index in [9.17, 15) is 4.79 Å². The van der Waals surface area contributed by atoms with Crippen LogP contribution in [-0.2, 0) is 20.1 Å². The minimum absolute atomic E-state index is 0.0634. The number of hydrogen-bond acceptors (Lipinski definition) is 4. The maximum Gasteiger partial charge on any atom is 0.214 e. The molecule has 0 saturated carbocycles. The van der Waals surface area contributed by atoms with Gasteiger partial charge in [-0.05, 0) is 17.2 Å². The highest BCUT2D eigenvalue weighted by Crippen LogP contribution is 2.23. The fraction of sp³-hybridized carbons (Fsp3) is 0.286. The highest BCUT2D eigenvalue weighted by Gasteiger charge is 2.21. The van der Waals surface area contributed by atoms with Crippen molar-refractivity contribution in [1.82, 2.24) is 15.1 Å². The molecule has 0 unspecified atom stereocenters. The monoisotopic (exact) mass is 257 g/mol. The first-order chi connectivity index (χ1) is 9.20. The van der Waals surface area contributed by atoms with Gasteiger partial charge in [0.1, 0.15) is 0 Å². The van der Waals surface area contributed by atoms with Gasteiger partial charge in [0.25, 0.3) is 0 Å². The summed E-state index contributed by atoms with van der Waals surface area (Å²) in [6, 6.07) is 5.82. The molecule has 5 heteroatoms. The number of aryl methyl sites for hydroxylation is 1. The lowest BCUT2D eigenvalue weighted by Crippen LogP contribution is -2.10. The van der Waals surface area contributed by atoms with Crippen molar-refractivity contribution in [3.05, 3.63) is 46.8 Å². The molecule has 1 aromatic carbocycles. The van der Waals surface area contributed by atoms with Crippen molar-refractivity contribution in [3.8, 4) is 5.75 Å². The second-order valence-corrected chi connectivity index (χ2v) is 4.60. The van der Waals surface area contributed by atoms with Crippen molar-refractivity contribution < 1.29 is 9.53 Å². The number of carbonyl (C=O) groups is 1. The summed E-state index contributed by atoms with van der Waals surface area (Å²) in [5.41, 5.74) is 3.60. The molecule has 0 bridgehead atoms. The van der Waals surface area contributed by atoms with E-state index in [0.717, 1.165) is 13.1 Å². The van der Waals surface area contributed by atoms with Crippen LogP contribution in [0.2, 0.25) is 0 Å². The predicted molar refractivity (Wildman–Crippen MR) is 70.2 cm³/mol. The van der Waals surface area contributed by atoms with Crippen LogP contribution < -0.4 is 10.1 Å². The standard InChI is InChI=1S/C14H15N3O2/c1-17-13(12(19-2)8-16-17)14(18)9-3-4-10-6-15-7-11(10)5-9/h3-5,8,15H,6-7H2,1-2H3. The summed E-state index contributed by atoms with van der Waals surface area (Å²) in [6.45, 7) is 1.69. The Morgan fingerprint density at radius 3 is 2.95 bits per heavy atom. The molecule has 0 aliphatic carbocycles. The minimum atomic E-state index is -0.0634. The van der Waals surface area contributed by atoms with Gasteiger partial charge in [-0.3, -0.25) is 9.48 Å². The average molecular weight is 257 g/mol. The number of methoxy groups -OCH3 is 1. The summed E-state index contributed by atoms with van der Waals surface area (Å²) in [5, 5.41) is 7.33. The number of nitrogens with one attached hydrogen (secondary N) is 1. The van der Waals surface area contributed by atoms with E-state index < -0.39 is 0 Å². The molecule has 2 aromatic rings. The lowest BCUT2D eigenvalue weighted by molar-refractivity contribution is 0.102. The van der Waals surface area contributed by atoms with Crippen LogP contribution in [0.1, 0.15) is 27.2 Å². The number of carbonyl (C=O) groups excluding carboxylic acids is 1. The van der Waals surface area contributed by atoms with Crippen molar-refractivity contribution >= 4 is 5.78 Å². The summed E-state index contributed by atoms with van der Waals surface area (Å²) in [5.74, 6) is 0.442. The van der Waals surface area contributed by atoms with Crippen molar-refractivity contribution in [1.29, 1.82) is 0 Å². The van der Waals surface area contributed by atoms with Gasteiger partial charge in [0.05, 0.1) is 13.3 Å². The van der Waals surface area contributed by atoms with E-state index in [0.29, 0.717) is 17.0 Å². The molecule has 1 aliphatic rings. The van der Waals surface area contributed by atoms with Gasteiger partial charge in [-0.1, -0.05) is 12.1 Å². The third kappa shape index (κ3) is 1.92. The molecule has 1 aromatic heterocycles. The van der Waals surface area contributed by atoms with Gasteiger partial charge in [-0.15, -0.1) is 0 Å². The fourth-order valence-corrected chi connectivity index (χ4v) is 2.40. The quantitative estimate of drug-likeness (QED) is 0.841. The lowest BCUT2D eigenvalue weighted by atomic mass is 10.0. The molecule has 2 heterocycles. The number of aromatic nitrogens is 2. The zero-order valence-corrected chi connectivity index (χ0v) is 10.9. The van der Waals surface area contributed by atoms with E-state index in [1.807, 2.05) is 18.2 Å². The Balaban J connectivity index is 2.02. The molecule has 5 nitrogen and oxygen atoms in total. The number of benzene rings is 1. The van der Waals surface area contributed by atoms with Crippen molar-refractivity contribution in [3.63, 3.8) is 0 Å². The summed E-state index contributed by atoms with van der Waals surface area (Å²) >= 11 is 0. The highest BCUT2D eigenvalue weighted by atomic mass is 16.5. The molecule has 0 spiro atoms. The van der Waals surface area contributed by atoms with E-state index in [1.165, 1.54) is 11.1 Å². The highest BCUT2D eigenvalue weighted by molar-refractivity contribution is 6.09. The van der Waals surface area contributed by atoms with Crippen LogP contribution in [0, 0.1) is 0 Å². The third-order valence-electron chi connectivity index (χ3n) is 3.44. The van der Waals surface area contributed by atoms with Gasteiger partial charge in [0.2, 0.25) is 5.78 Å². The molecule has 0 amide bonds. The smallest absolute Gasteiger partial charge is 0.214 e. The van der Waals surface area contributed by atoms with E-state index in [1.54, 1.807) is 25.0 Å². The SMILES string of the molecule is COc1cnn(C)c1C(=O)c1ccc2c(c1)CNC2. The first kappa shape index (κ1) is 11.9. The second-order valence-electron chi connectivity index (χ2n) is 4.60. The lowest BCUT2D eigenvalue weighted by Gasteiger charge is -2.06. The number of ether oxygens (including phenoxy) is 1. The van der Waals surface area contributed by atoms with Gasteiger partial charge >= 0.3 is 0 Å². The number of nitrogens with zero attached hydrogens (tertiary/aromatic N) is 2. The fourth-order valence-electron chi connectivity index (χ4n) is 2.40. The second kappa shape index (κ2) is 4.51. The zero-order valence-electron chi connectivity index (χ0n) is 10.9. The number of ketones is 1. The normalized spacial score (nSPS) is 13.4. The molecule has 0 radical (unpaired) electrons. The van der Waals surface area contributed by atoms with Crippen LogP contribution in [0.5, 0.6) is 5.75 Å². The number of fused-ring (bicyclic) bond motifs is 1. The maximum atomic E-state index is 12.5. The molecule has 0 fully saturated rings. The van der Waals surface area contributed by atoms with Gasteiger partial charge in [-0.25, -0.2) is 0 Å². The van der Waals surface area contributed by atoms with Crippen LogP contribution in [0.25, 0.3) is 0 Å². The van der Waals surface area contributed by atoms with E-state index in [2.05, 4.69) is 10.4 Å². The van der Waals surface area contributed by atoms with E-state index in [4.69, 9.17) is 4.74 Å². The van der Waals surface area contributed by atoms with Crippen LogP contribution in [0.4, 0.5) is 0 Å². The van der Waals surface area contributed by atoms with Crippen molar-refractivity contribution in [2.45, 2.75) is 13.1 Å². The first-order valence-electron chi connectivity index (χ1n) is 6.14. The Morgan fingerprint density at radius 1 is 1.37 bits per heavy atom. The minimum Gasteiger partial charge on any atom is -0.493 e. The number of rotatable bonds is 3. The van der Waals surface area contributed by atoms with Crippen LogP contribution in [0.3, 0.4) is 0 Å². The molecular weight excluding hydrogens is 242 g/mol. The summed E-state index contributed by atoms with van der Waals surface area (Å²) < 4.78 is 6.73. The Bertz CT molecular complexity index is 646. The van der Waals surface area contributed by atoms with Crippen molar-refractivity contribution in [2.75, 3.05) is 7.11 Å². The molecule has 98 valence electrons. The van der Waals surface area contributed by atoms with E-state index in [-0.39, 0.29) is 5.78 Å². The summed E-state index contributed by atoms with van der Waals surface area (Å²) in [4.78, 5) is 12.5. The Morgan fingerprint density at radius 2 is 2.16 bits per heavy atom. The van der Waals surface area contributed by atoms with Gasteiger partial charge in [0.15, 0.2) is 11.4 Å². The Kier molecular flexibility index (Phi) is 2.83. The molecule has 0 atom stereocenters. The molecule has 0 saturated heterocycles. The van der Waals surface area contributed by atoms with Crippen LogP contribution in [-0.4, -0.2) is 22.7 Å². The van der Waals surface area contributed by atoms with Crippen LogP contribution >= 0.6 is 0 Å². The third-order valence-corrected chi connectivity index (χ3v) is 3.44. The zero-order chi connectivity index (χ0) is 13.4. The molecule has 1 N–H and O–H groups in total. The Labute approximate surface area is 111 Å². The van der Waals surface area contributed by atoms with Crippen LogP contribution in [0.15, 0.2) is 24.4 Å². The van der Waals surface area contributed by atoms with Gasteiger partial charge in [-0.2, -0.15) is 5.10 Å². The van der Waals surface area contributed by atoms with Crippen molar-refractivity contribution in [2.24, 2.45) is 7.05 Å². The van der Waals surface area contributed by atoms with Gasteiger partial charge in [0, 0.05) is 25.7 Å². The largest absolute Gasteiger partial charge is 0.493 e. The molecule has 19 heavy (non-hydrogen) atoms. The maximum absolute atomic E-state index is 12.5. The summed E-state index contributed by atoms with van der Waals surface area (Å²) in [7, 11) is 3.28. The Hall–Kier alpha value is -2.14. The predicted octanol–water partition coefficient (Wildman–Crippen LogP) is 1.26. The molecule has 3 rings (SSSR count).